The lowest BCUT2D eigenvalue weighted by molar-refractivity contribution is 0.0692. The number of carbonyl (C=O) groups is 2. The van der Waals surface area contributed by atoms with Gasteiger partial charge in [-0.2, -0.15) is 0 Å². The molecule has 2 unspecified atom stereocenters. The van der Waals surface area contributed by atoms with Crippen LogP contribution in [-0.2, 0) is 17.6 Å². The van der Waals surface area contributed by atoms with Gasteiger partial charge < -0.3 is 19.9 Å². The number of halogens is 1. The van der Waals surface area contributed by atoms with E-state index < -0.39 is 0 Å². The second kappa shape index (κ2) is 8.69. The van der Waals surface area contributed by atoms with Gasteiger partial charge in [0.2, 0.25) is 0 Å². The van der Waals surface area contributed by atoms with Gasteiger partial charge in [-0.3, -0.25) is 9.59 Å². The number of ether oxygens (including phenoxy) is 1. The number of hydrogen-bond donors (Lipinski definition) is 1. The Balaban J connectivity index is 1.43. The van der Waals surface area contributed by atoms with Crippen LogP contribution in [0.3, 0.4) is 0 Å². The Morgan fingerprint density at radius 2 is 2.03 bits per heavy atom. The first-order valence-corrected chi connectivity index (χ1v) is 11.5. The number of nitrogens with one attached hydrogen (secondary N) is 1. The number of fused-ring (bicyclic) bond motifs is 1. The number of carbonyl (C=O) groups excluding carboxylic acids is 2. The van der Waals surface area contributed by atoms with Crippen molar-refractivity contribution in [1.29, 1.82) is 0 Å². The Kier molecular flexibility index (Phi) is 6.21. The van der Waals surface area contributed by atoms with E-state index in [1.165, 1.54) is 27.6 Å². The lowest BCUT2D eigenvalue weighted by Crippen LogP contribution is -2.43. The van der Waals surface area contributed by atoms with Gasteiger partial charge in [0.1, 0.15) is 0 Å². The lowest BCUT2D eigenvalue weighted by atomic mass is 10.2. The zero-order valence-electron chi connectivity index (χ0n) is 16.3. The molecular weight excluding hydrogens is 432 g/mol. The van der Waals surface area contributed by atoms with Gasteiger partial charge in [-0.05, 0) is 25.6 Å². The smallest absolute Gasteiger partial charge is 0.283 e. The Morgan fingerprint density at radius 1 is 1.24 bits per heavy atom. The Hall–Kier alpha value is -1.52. The number of amides is 2. The molecule has 4 rings (SSSR count). The summed E-state index contributed by atoms with van der Waals surface area (Å²) in [6, 6.07) is 3.12. The highest BCUT2D eigenvalue weighted by molar-refractivity contribution is 7.18. The molecule has 2 amide bonds. The lowest BCUT2D eigenvalue weighted by Gasteiger charge is -2.17. The molecule has 2 aromatic heterocycles. The van der Waals surface area contributed by atoms with Gasteiger partial charge in [0, 0.05) is 44.6 Å². The predicted octanol–water partition coefficient (Wildman–Crippen LogP) is 2.16. The number of nitrogens with zero attached hydrogens (tertiary/aromatic N) is 3. The number of likely N-dealkylation sites (N-methyl/N-ethyl adjacent to an activating group) is 1. The molecule has 0 radical (unpaired) electrons. The van der Waals surface area contributed by atoms with E-state index in [-0.39, 0.29) is 24.0 Å². The average molecular weight is 455 g/mol. The summed E-state index contributed by atoms with van der Waals surface area (Å²) in [4.78, 5) is 35.9. The second-order valence-electron chi connectivity index (χ2n) is 7.36. The van der Waals surface area contributed by atoms with E-state index in [4.69, 9.17) is 16.3 Å². The third-order valence-electron chi connectivity index (χ3n) is 5.38. The molecule has 2 aliphatic heterocycles. The number of aromatic nitrogens is 1. The van der Waals surface area contributed by atoms with Crippen LogP contribution in [0.2, 0.25) is 4.34 Å². The monoisotopic (exact) mass is 454 g/mol. The average Bonchev–Trinajstić information content (AvgIpc) is 3.40. The van der Waals surface area contributed by atoms with E-state index in [0.29, 0.717) is 27.3 Å². The number of hydrogen-bond acceptors (Lipinski definition) is 7. The molecule has 1 N–H and O–H groups in total. The summed E-state index contributed by atoms with van der Waals surface area (Å²) >= 11 is 8.65. The summed E-state index contributed by atoms with van der Waals surface area (Å²) in [6.45, 7) is 2.77. The third kappa shape index (κ3) is 4.49. The van der Waals surface area contributed by atoms with Crippen molar-refractivity contribution < 1.29 is 14.3 Å². The van der Waals surface area contributed by atoms with Gasteiger partial charge in [0.25, 0.3) is 11.8 Å². The number of rotatable bonds is 4. The van der Waals surface area contributed by atoms with Crippen molar-refractivity contribution in [2.24, 2.45) is 0 Å². The largest absolute Gasteiger partial charge is 0.377 e. The summed E-state index contributed by atoms with van der Waals surface area (Å²) in [7, 11) is 3.71. The van der Waals surface area contributed by atoms with E-state index in [2.05, 4.69) is 22.2 Å². The third-order valence-corrected chi connectivity index (χ3v) is 7.76. The number of thiazole rings is 1. The number of methoxy groups -OCH3 is 1. The molecule has 7 nitrogen and oxygen atoms in total. The first-order valence-electron chi connectivity index (χ1n) is 9.50. The fraction of sp³-hybridized carbons (Fsp3) is 0.526. The molecule has 2 aliphatic rings. The summed E-state index contributed by atoms with van der Waals surface area (Å²) < 4.78 is 6.10. The van der Waals surface area contributed by atoms with Crippen molar-refractivity contribution in [2.45, 2.75) is 25.0 Å². The maximum absolute atomic E-state index is 13.1. The first-order chi connectivity index (χ1) is 13.9. The van der Waals surface area contributed by atoms with E-state index >= 15 is 0 Å². The van der Waals surface area contributed by atoms with Gasteiger partial charge in [-0.15, -0.1) is 22.7 Å². The summed E-state index contributed by atoms with van der Waals surface area (Å²) in [6.07, 6.45) is 1.54. The predicted molar refractivity (Wildman–Crippen MR) is 114 cm³/mol. The minimum Gasteiger partial charge on any atom is -0.377 e. The van der Waals surface area contributed by atoms with E-state index in [9.17, 15) is 9.59 Å². The highest BCUT2D eigenvalue weighted by atomic mass is 35.5. The molecule has 0 saturated carbocycles. The molecule has 1 saturated heterocycles. The van der Waals surface area contributed by atoms with Crippen molar-refractivity contribution in [3.05, 3.63) is 36.9 Å². The zero-order chi connectivity index (χ0) is 20.5. The van der Waals surface area contributed by atoms with Gasteiger partial charge in [-0.25, -0.2) is 4.98 Å². The molecule has 4 heterocycles. The fourth-order valence-corrected chi connectivity index (χ4v) is 5.71. The van der Waals surface area contributed by atoms with Crippen LogP contribution in [0.5, 0.6) is 0 Å². The topological polar surface area (TPSA) is 74.8 Å². The zero-order valence-corrected chi connectivity index (χ0v) is 18.7. The molecule has 2 aromatic rings. The maximum Gasteiger partial charge on any atom is 0.283 e. The minimum absolute atomic E-state index is 0.0885. The fourth-order valence-electron chi connectivity index (χ4n) is 3.69. The molecular formula is C19H23ClN4O3S2. The van der Waals surface area contributed by atoms with E-state index in [1.54, 1.807) is 24.1 Å². The van der Waals surface area contributed by atoms with Gasteiger partial charge >= 0.3 is 0 Å². The molecule has 0 aliphatic carbocycles. The number of thiophene rings is 1. The van der Waals surface area contributed by atoms with Crippen LogP contribution in [0.25, 0.3) is 0 Å². The molecule has 0 bridgehead atoms. The quantitative estimate of drug-likeness (QED) is 0.766. The summed E-state index contributed by atoms with van der Waals surface area (Å²) in [5.74, 6) is -0.289. The van der Waals surface area contributed by atoms with Crippen molar-refractivity contribution in [2.75, 3.05) is 40.3 Å². The number of likely N-dealkylation sites (tertiary alicyclic amines) is 1. The van der Waals surface area contributed by atoms with Gasteiger partial charge in [0.05, 0.1) is 27.1 Å². The Bertz CT molecular complexity index is 890. The van der Waals surface area contributed by atoms with Crippen molar-refractivity contribution in [3.63, 3.8) is 0 Å². The van der Waals surface area contributed by atoms with Crippen LogP contribution in [0.1, 0.15) is 30.0 Å². The molecule has 156 valence electrons. The molecule has 1 fully saturated rings. The van der Waals surface area contributed by atoms with Crippen LogP contribution in [0, 0.1) is 0 Å². The standard InChI is InChI=1S/C19H23ClN4O3S2/c1-23-7-5-11-14(6-8-23)29-18(22-11)19(26)24-9-12(13(10-24)27-2)21-17(25)15-3-4-16(20)28-15/h3-4,12-13H,5-10H2,1-2H3,(H,21,25). The van der Waals surface area contributed by atoms with Crippen LogP contribution < -0.4 is 5.32 Å². The highest BCUT2D eigenvalue weighted by Crippen LogP contribution is 2.26. The van der Waals surface area contributed by atoms with Crippen LogP contribution >= 0.6 is 34.3 Å². The van der Waals surface area contributed by atoms with Crippen LogP contribution in [0.15, 0.2) is 12.1 Å². The Morgan fingerprint density at radius 3 is 2.76 bits per heavy atom. The summed E-state index contributed by atoms with van der Waals surface area (Å²) in [5.41, 5.74) is 1.05. The van der Waals surface area contributed by atoms with Gasteiger partial charge in [0.15, 0.2) is 5.01 Å². The van der Waals surface area contributed by atoms with Crippen molar-refractivity contribution >= 4 is 46.1 Å². The molecule has 2 atom stereocenters. The molecule has 0 aromatic carbocycles. The van der Waals surface area contributed by atoms with Crippen LogP contribution in [0.4, 0.5) is 0 Å². The van der Waals surface area contributed by atoms with Crippen molar-refractivity contribution in [1.82, 2.24) is 20.1 Å². The van der Waals surface area contributed by atoms with Crippen molar-refractivity contribution in [3.8, 4) is 0 Å². The summed E-state index contributed by atoms with van der Waals surface area (Å²) in [5, 5.41) is 3.51. The SMILES string of the molecule is COC1CN(C(=O)c2nc3c(s2)CCN(C)CC3)CC1NC(=O)c1ccc(Cl)s1. The van der Waals surface area contributed by atoms with E-state index in [1.807, 2.05) is 0 Å². The molecule has 29 heavy (non-hydrogen) atoms. The maximum atomic E-state index is 13.1. The first kappa shape index (κ1) is 20.7. The molecule has 10 heteroatoms. The Labute approximate surface area is 182 Å². The van der Waals surface area contributed by atoms with E-state index in [0.717, 1.165) is 31.6 Å². The highest BCUT2D eigenvalue weighted by Gasteiger charge is 2.38. The molecule has 0 spiro atoms. The van der Waals surface area contributed by atoms with Gasteiger partial charge in [-0.1, -0.05) is 11.6 Å². The second-order valence-corrected chi connectivity index (χ2v) is 10.2. The van der Waals surface area contributed by atoms with Crippen LogP contribution in [-0.4, -0.2) is 79.1 Å². The normalized spacial score (nSPS) is 22.4. The minimum atomic E-state index is -0.274.